The number of allylic oxidation sites excluding steroid dienone is 3. The molecule has 2 nitrogen and oxygen atoms in total. The van der Waals surface area contributed by atoms with Crippen LogP contribution in [0.25, 0.3) is 0 Å². The fraction of sp³-hybridized carbons (Fsp3) is 0.364. The zero-order chi connectivity index (χ0) is 10.9. The predicted octanol–water partition coefficient (Wildman–Crippen LogP) is 2.79. The quantitative estimate of drug-likeness (QED) is 0.666. The zero-order valence-corrected chi connectivity index (χ0v) is 8.98. The maximum atomic E-state index is 10.6. The first kappa shape index (κ1) is 14.2. The third kappa shape index (κ3) is 10.7. The lowest BCUT2D eigenvalue weighted by molar-refractivity contribution is -0.118. The van der Waals surface area contributed by atoms with E-state index in [9.17, 15) is 4.79 Å². The minimum Gasteiger partial charge on any atom is -0.326 e. The van der Waals surface area contributed by atoms with Gasteiger partial charge in [0.1, 0.15) is 0 Å². The molecule has 1 N–H and O–H groups in total. The van der Waals surface area contributed by atoms with E-state index in [1.165, 1.54) is 6.92 Å². The molecule has 13 heavy (non-hydrogen) atoms. The molecule has 0 aromatic carbocycles. The van der Waals surface area contributed by atoms with Crippen LogP contribution in [0.5, 0.6) is 0 Å². The van der Waals surface area contributed by atoms with E-state index in [-0.39, 0.29) is 5.91 Å². The molecule has 0 radical (unpaired) electrons. The van der Waals surface area contributed by atoms with Crippen LogP contribution in [-0.2, 0) is 4.79 Å². The first-order valence-corrected chi connectivity index (χ1v) is 4.33. The van der Waals surface area contributed by atoms with Crippen molar-refractivity contribution in [1.29, 1.82) is 0 Å². The summed E-state index contributed by atoms with van der Waals surface area (Å²) in [6.07, 6.45) is 3.34. The van der Waals surface area contributed by atoms with E-state index < -0.39 is 0 Å². The monoisotopic (exact) mass is 181 g/mol. The van der Waals surface area contributed by atoms with Crippen LogP contribution in [0.2, 0.25) is 0 Å². The topological polar surface area (TPSA) is 29.1 Å². The van der Waals surface area contributed by atoms with Crippen molar-refractivity contribution in [3.8, 4) is 0 Å². The predicted molar refractivity (Wildman–Crippen MR) is 58.3 cm³/mol. The van der Waals surface area contributed by atoms with Crippen LogP contribution in [-0.4, -0.2) is 5.91 Å². The summed E-state index contributed by atoms with van der Waals surface area (Å²) in [5, 5.41) is 2.60. The van der Waals surface area contributed by atoms with Crippen molar-refractivity contribution >= 4 is 5.91 Å². The fourth-order valence-corrected chi connectivity index (χ4v) is 0.615. The Bertz CT molecular complexity index is 214. The van der Waals surface area contributed by atoms with Gasteiger partial charge in [0.25, 0.3) is 0 Å². The molecule has 0 heterocycles. The lowest BCUT2D eigenvalue weighted by Gasteiger charge is -2.01. The Morgan fingerprint density at radius 1 is 1.31 bits per heavy atom. The summed E-state index contributed by atoms with van der Waals surface area (Å²) in [4.78, 5) is 10.6. The lowest BCUT2D eigenvalue weighted by Crippen LogP contribution is -2.17. The van der Waals surface area contributed by atoms with Gasteiger partial charge in [-0.25, -0.2) is 0 Å². The van der Waals surface area contributed by atoms with Crippen LogP contribution in [0.1, 0.15) is 27.7 Å². The molecule has 0 rings (SSSR count). The van der Waals surface area contributed by atoms with E-state index in [1.54, 1.807) is 12.2 Å². The number of carbonyl (C=O) groups is 1. The first-order chi connectivity index (χ1) is 6.06. The lowest BCUT2D eigenvalue weighted by atomic mass is 10.2. The molecule has 0 spiro atoms. The molecule has 1 amide bonds. The normalized spacial score (nSPS) is 9.38. The highest BCUT2D eigenvalue weighted by Crippen LogP contribution is 1.96. The molecule has 0 aromatic rings. The highest BCUT2D eigenvalue weighted by Gasteiger charge is 1.92. The van der Waals surface area contributed by atoms with Gasteiger partial charge in [-0.1, -0.05) is 32.6 Å². The standard InChI is InChI=1S/C9H13NO.C2H6/c1-5-9(6-7(2)3)10-8(4)11;1-2/h5-6H,1-2H2,3-4H3,(H,10,11);1-2H3/b9-6+;. The van der Waals surface area contributed by atoms with Gasteiger partial charge in [-0.05, 0) is 19.1 Å². The minimum atomic E-state index is -0.0996. The number of hydrogen-bond acceptors (Lipinski definition) is 1. The molecule has 0 aromatic heterocycles. The summed E-state index contributed by atoms with van der Waals surface area (Å²) < 4.78 is 0. The molecule has 74 valence electrons. The van der Waals surface area contributed by atoms with E-state index in [2.05, 4.69) is 18.5 Å². The Kier molecular flexibility index (Phi) is 9.61. The second kappa shape index (κ2) is 8.78. The Morgan fingerprint density at radius 2 is 1.77 bits per heavy atom. The number of hydrogen-bond donors (Lipinski definition) is 1. The molecule has 0 unspecified atom stereocenters. The third-order valence-corrected chi connectivity index (χ3v) is 0.942. The number of nitrogens with one attached hydrogen (secondary N) is 1. The Hall–Kier alpha value is -1.31. The molecule has 0 aliphatic carbocycles. The van der Waals surface area contributed by atoms with Crippen LogP contribution in [0.4, 0.5) is 0 Å². The average molecular weight is 181 g/mol. The van der Waals surface area contributed by atoms with Gasteiger partial charge in [-0.15, -0.1) is 0 Å². The number of amides is 1. The van der Waals surface area contributed by atoms with Gasteiger partial charge in [0.15, 0.2) is 0 Å². The van der Waals surface area contributed by atoms with Gasteiger partial charge in [-0.2, -0.15) is 0 Å². The third-order valence-electron chi connectivity index (χ3n) is 0.942. The van der Waals surface area contributed by atoms with E-state index in [0.717, 1.165) is 5.57 Å². The molecule has 0 aliphatic rings. The van der Waals surface area contributed by atoms with Crippen LogP contribution in [0, 0.1) is 0 Å². The zero-order valence-electron chi connectivity index (χ0n) is 8.98. The summed E-state index contributed by atoms with van der Waals surface area (Å²) in [5.41, 5.74) is 1.57. The molecule has 0 bridgehead atoms. The van der Waals surface area contributed by atoms with Crippen LogP contribution >= 0.6 is 0 Å². The van der Waals surface area contributed by atoms with Crippen LogP contribution < -0.4 is 5.32 Å². The van der Waals surface area contributed by atoms with Gasteiger partial charge < -0.3 is 5.32 Å². The molecule has 2 heteroatoms. The van der Waals surface area contributed by atoms with Gasteiger partial charge in [-0.3, -0.25) is 4.79 Å². The van der Waals surface area contributed by atoms with E-state index in [1.807, 2.05) is 20.8 Å². The van der Waals surface area contributed by atoms with Crippen molar-refractivity contribution in [2.45, 2.75) is 27.7 Å². The largest absolute Gasteiger partial charge is 0.326 e. The molecular formula is C11H19NO. The molecular weight excluding hydrogens is 162 g/mol. The van der Waals surface area contributed by atoms with E-state index in [0.29, 0.717) is 5.70 Å². The van der Waals surface area contributed by atoms with Gasteiger partial charge in [0.05, 0.1) is 0 Å². The second-order valence-corrected chi connectivity index (χ2v) is 2.33. The van der Waals surface area contributed by atoms with Crippen molar-refractivity contribution in [1.82, 2.24) is 5.32 Å². The summed E-state index contributed by atoms with van der Waals surface area (Å²) in [7, 11) is 0. The van der Waals surface area contributed by atoms with Crippen molar-refractivity contribution in [2.24, 2.45) is 0 Å². The summed E-state index contributed by atoms with van der Waals surface area (Å²) >= 11 is 0. The Morgan fingerprint density at radius 3 is 2.00 bits per heavy atom. The van der Waals surface area contributed by atoms with Crippen molar-refractivity contribution < 1.29 is 4.79 Å². The van der Waals surface area contributed by atoms with E-state index in [4.69, 9.17) is 0 Å². The van der Waals surface area contributed by atoms with Crippen LogP contribution in [0.15, 0.2) is 36.6 Å². The molecule has 0 saturated heterocycles. The molecule has 0 saturated carbocycles. The minimum absolute atomic E-state index is 0.0996. The second-order valence-electron chi connectivity index (χ2n) is 2.33. The fourth-order valence-electron chi connectivity index (χ4n) is 0.615. The van der Waals surface area contributed by atoms with Gasteiger partial charge in [0, 0.05) is 12.6 Å². The van der Waals surface area contributed by atoms with Gasteiger partial charge in [0.2, 0.25) is 5.91 Å². The maximum Gasteiger partial charge on any atom is 0.221 e. The highest BCUT2D eigenvalue weighted by atomic mass is 16.1. The van der Waals surface area contributed by atoms with Crippen molar-refractivity contribution in [3.05, 3.63) is 36.6 Å². The van der Waals surface area contributed by atoms with Crippen molar-refractivity contribution in [3.63, 3.8) is 0 Å². The Labute approximate surface area is 81.0 Å². The molecule has 0 fully saturated rings. The Balaban J connectivity index is 0. The first-order valence-electron chi connectivity index (χ1n) is 4.33. The summed E-state index contributed by atoms with van der Waals surface area (Å²) in [6.45, 7) is 14.5. The smallest absolute Gasteiger partial charge is 0.221 e. The highest BCUT2D eigenvalue weighted by molar-refractivity contribution is 5.75. The van der Waals surface area contributed by atoms with Crippen molar-refractivity contribution in [2.75, 3.05) is 0 Å². The summed E-state index contributed by atoms with van der Waals surface area (Å²) in [6, 6.07) is 0. The number of carbonyl (C=O) groups excluding carboxylic acids is 1. The van der Waals surface area contributed by atoms with E-state index >= 15 is 0 Å². The maximum absolute atomic E-state index is 10.6. The van der Waals surface area contributed by atoms with Crippen LogP contribution in [0.3, 0.4) is 0 Å². The number of rotatable bonds is 3. The SMILES string of the molecule is C=C/C(=C\C(=C)C)NC(C)=O.CC. The molecule has 0 aliphatic heterocycles. The molecule has 0 atom stereocenters. The summed E-state index contributed by atoms with van der Waals surface area (Å²) in [5.74, 6) is -0.0996. The average Bonchev–Trinajstić information content (AvgIpc) is 2.05. The van der Waals surface area contributed by atoms with Gasteiger partial charge >= 0.3 is 0 Å².